The Morgan fingerprint density at radius 3 is 2.33 bits per heavy atom. The lowest BCUT2D eigenvalue weighted by Gasteiger charge is -2.27. The van der Waals surface area contributed by atoms with Crippen LogP contribution in [0.25, 0.3) is 0 Å². The molecule has 3 aromatic carbocycles. The molecule has 0 atom stereocenters. The highest BCUT2D eigenvalue weighted by molar-refractivity contribution is 6.33. The minimum atomic E-state index is -0.330. The summed E-state index contributed by atoms with van der Waals surface area (Å²) in [4.78, 5) is 30.1. The first-order chi connectivity index (χ1) is 17.3. The molecule has 0 saturated heterocycles. The number of halogens is 2. The number of carbonyl (C=O) groups excluding carboxylic acids is 2. The maximum absolute atomic E-state index is 13.6. The molecule has 36 heavy (non-hydrogen) atoms. The molecule has 1 saturated carbocycles. The Morgan fingerprint density at radius 2 is 1.67 bits per heavy atom. The summed E-state index contributed by atoms with van der Waals surface area (Å²) < 4.78 is 13.5. The van der Waals surface area contributed by atoms with E-state index in [1.54, 1.807) is 41.3 Å². The molecule has 0 bridgehead atoms. The van der Waals surface area contributed by atoms with Gasteiger partial charge < -0.3 is 15.1 Å². The molecule has 0 aromatic heterocycles. The van der Waals surface area contributed by atoms with Gasteiger partial charge in [-0.3, -0.25) is 9.59 Å². The minimum absolute atomic E-state index is 0.0476. The van der Waals surface area contributed by atoms with Crippen molar-refractivity contribution in [3.05, 3.63) is 94.3 Å². The third-order valence-corrected chi connectivity index (χ3v) is 6.92. The van der Waals surface area contributed by atoms with Gasteiger partial charge in [0.05, 0.1) is 10.6 Å². The van der Waals surface area contributed by atoms with Crippen molar-refractivity contribution in [2.45, 2.75) is 38.8 Å². The smallest absolute Gasteiger partial charge is 0.255 e. The summed E-state index contributed by atoms with van der Waals surface area (Å²) in [5.41, 5.74) is 3.73. The predicted molar refractivity (Wildman–Crippen MR) is 143 cm³/mol. The first kappa shape index (κ1) is 25.7. The third kappa shape index (κ3) is 6.24. The van der Waals surface area contributed by atoms with Crippen LogP contribution in [-0.4, -0.2) is 30.8 Å². The molecule has 1 aliphatic carbocycles. The number of carbonyl (C=O) groups is 2. The first-order valence-corrected chi connectivity index (χ1v) is 12.6. The van der Waals surface area contributed by atoms with Crippen LogP contribution in [0.2, 0.25) is 5.02 Å². The maximum Gasteiger partial charge on any atom is 0.255 e. The van der Waals surface area contributed by atoms with E-state index in [0.29, 0.717) is 16.3 Å². The van der Waals surface area contributed by atoms with Gasteiger partial charge >= 0.3 is 0 Å². The van der Waals surface area contributed by atoms with Gasteiger partial charge in [0.2, 0.25) is 5.91 Å². The van der Waals surface area contributed by atoms with Gasteiger partial charge in [-0.25, -0.2) is 4.39 Å². The minimum Gasteiger partial charge on any atom is -0.377 e. The zero-order chi connectivity index (χ0) is 25.7. The molecule has 4 rings (SSSR count). The number of anilines is 2. The number of amides is 2. The quantitative estimate of drug-likeness (QED) is 0.378. The third-order valence-electron chi connectivity index (χ3n) is 6.59. The van der Waals surface area contributed by atoms with E-state index < -0.39 is 0 Å². The Kier molecular flexibility index (Phi) is 8.26. The molecule has 1 N–H and O–H groups in total. The first-order valence-electron chi connectivity index (χ1n) is 12.2. The Hall–Kier alpha value is -3.38. The summed E-state index contributed by atoms with van der Waals surface area (Å²) in [5.74, 6) is -0.455. The maximum atomic E-state index is 13.6. The number of nitrogens with zero attached hydrogens (tertiary/aromatic N) is 2. The van der Waals surface area contributed by atoms with Gasteiger partial charge in [-0.15, -0.1) is 0 Å². The molecule has 0 spiro atoms. The largest absolute Gasteiger partial charge is 0.377 e. The van der Waals surface area contributed by atoms with Crippen molar-refractivity contribution in [2.24, 2.45) is 5.92 Å². The van der Waals surface area contributed by atoms with E-state index in [1.165, 1.54) is 12.1 Å². The van der Waals surface area contributed by atoms with E-state index in [9.17, 15) is 14.0 Å². The van der Waals surface area contributed by atoms with Gasteiger partial charge in [0.15, 0.2) is 0 Å². The fourth-order valence-electron chi connectivity index (χ4n) is 4.68. The molecule has 7 heteroatoms. The van der Waals surface area contributed by atoms with Crippen LogP contribution >= 0.6 is 11.6 Å². The molecule has 5 nitrogen and oxygen atoms in total. The lowest BCUT2D eigenvalue weighted by atomic mass is 10.1. The molecule has 3 aromatic rings. The van der Waals surface area contributed by atoms with Gasteiger partial charge in [0.25, 0.3) is 5.91 Å². The van der Waals surface area contributed by atoms with Crippen molar-refractivity contribution in [2.75, 3.05) is 24.3 Å². The molecule has 0 aliphatic heterocycles. The van der Waals surface area contributed by atoms with E-state index >= 15 is 0 Å². The zero-order valence-electron chi connectivity index (χ0n) is 20.6. The van der Waals surface area contributed by atoms with Crippen LogP contribution in [0.4, 0.5) is 15.8 Å². The lowest BCUT2D eigenvalue weighted by Crippen LogP contribution is -2.31. The number of hydrogen-bond acceptors (Lipinski definition) is 3. The SMILES string of the molecule is CN(C)c1ccc(NC(=O)C2CCCC2)cc1CN(Cc1ccc(F)cc1)C(=O)c1ccccc1Cl. The van der Waals surface area contributed by atoms with Crippen LogP contribution in [-0.2, 0) is 17.9 Å². The van der Waals surface area contributed by atoms with Crippen LogP contribution in [0, 0.1) is 11.7 Å². The average Bonchev–Trinajstić information content (AvgIpc) is 3.40. The summed E-state index contributed by atoms with van der Waals surface area (Å²) in [5, 5.41) is 3.44. The zero-order valence-corrected chi connectivity index (χ0v) is 21.4. The topological polar surface area (TPSA) is 52.7 Å². The summed E-state index contributed by atoms with van der Waals surface area (Å²) in [7, 11) is 3.88. The molecular formula is C29H31ClFN3O2. The predicted octanol–water partition coefficient (Wildman–Crippen LogP) is 6.52. The monoisotopic (exact) mass is 507 g/mol. The Balaban J connectivity index is 1.65. The summed E-state index contributed by atoms with van der Waals surface area (Å²) in [6, 6.07) is 18.9. The molecule has 1 aliphatic rings. The Labute approximate surface area is 216 Å². The summed E-state index contributed by atoms with van der Waals surface area (Å²) in [6.45, 7) is 0.554. The lowest BCUT2D eigenvalue weighted by molar-refractivity contribution is -0.119. The van der Waals surface area contributed by atoms with E-state index in [4.69, 9.17) is 11.6 Å². The van der Waals surface area contributed by atoms with Gasteiger partial charge in [-0.05, 0) is 66.4 Å². The van der Waals surface area contributed by atoms with E-state index in [-0.39, 0.29) is 36.6 Å². The Bertz CT molecular complexity index is 1220. The van der Waals surface area contributed by atoms with Crippen molar-refractivity contribution in [3.63, 3.8) is 0 Å². The highest BCUT2D eigenvalue weighted by atomic mass is 35.5. The normalized spacial score (nSPS) is 13.4. The molecule has 0 unspecified atom stereocenters. The molecule has 0 radical (unpaired) electrons. The van der Waals surface area contributed by atoms with Crippen LogP contribution in [0.1, 0.15) is 47.2 Å². The second-order valence-corrected chi connectivity index (χ2v) is 9.88. The van der Waals surface area contributed by atoms with Crippen LogP contribution in [0.3, 0.4) is 0 Å². The van der Waals surface area contributed by atoms with Gasteiger partial charge in [0, 0.05) is 44.5 Å². The van der Waals surface area contributed by atoms with Gasteiger partial charge in [-0.2, -0.15) is 0 Å². The molecule has 188 valence electrons. The average molecular weight is 508 g/mol. The number of hydrogen-bond donors (Lipinski definition) is 1. The Morgan fingerprint density at radius 1 is 0.972 bits per heavy atom. The highest BCUT2D eigenvalue weighted by Crippen LogP contribution is 2.29. The number of rotatable bonds is 8. The number of nitrogens with one attached hydrogen (secondary N) is 1. The van der Waals surface area contributed by atoms with Gasteiger partial charge in [0.1, 0.15) is 5.82 Å². The second-order valence-electron chi connectivity index (χ2n) is 9.48. The van der Waals surface area contributed by atoms with Crippen molar-refractivity contribution in [3.8, 4) is 0 Å². The number of benzene rings is 3. The summed E-state index contributed by atoms with van der Waals surface area (Å²) in [6.07, 6.45) is 4.02. The van der Waals surface area contributed by atoms with E-state index in [1.807, 2.05) is 37.2 Å². The summed E-state index contributed by atoms with van der Waals surface area (Å²) >= 11 is 6.36. The van der Waals surface area contributed by atoms with Crippen molar-refractivity contribution in [1.82, 2.24) is 4.90 Å². The van der Waals surface area contributed by atoms with Gasteiger partial charge in [-0.1, -0.05) is 48.7 Å². The second kappa shape index (κ2) is 11.6. The molecular weight excluding hydrogens is 477 g/mol. The van der Waals surface area contributed by atoms with Crippen LogP contribution < -0.4 is 10.2 Å². The molecule has 2 amide bonds. The van der Waals surface area contributed by atoms with Crippen LogP contribution in [0.15, 0.2) is 66.7 Å². The molecule has 0 heterocycles. The van der Waals surface area contributed by atoms with E-state index in [0.717, 1.165) is 42.5 Å². The van der Waals surface area contributed by atoms with Crippen molar-refractivity contribution >= 4 is 34.8 Å². The fraction of sp³-hybridized carbons (Fsp3) is 0.310. The molecule has 1 fully saturated rings. The fourth-order valence-corrected chi connectivity index (χ4v) is 4.90. The van der Waals surface area contributed by atoms with Crippen molar-refractivity contribution < 1.29 is 14.0 Å². The highest BCUT2D eigenvalue weighted by Gasteiger charge is 2.24. The van der Waals surface area contributed by atoms with Crippen LogP contribution in [0.5, 0.6) is 0 Å². The standard InChI is InChI=1S/C29H31ClFN3O2/c1-33(2)27-16-15-24(32-28(35)21-7-3-4-8-21)17-22(27)19-34(18-20-11-13-23(31)14-12-20)29(36)25-9-5-6-10-26(25)30/h5-6,9-17,21H,3-4,7-8,18-19H2,1-2H3,(H,32,35). The van der Waals surface area contributed by atoms with Crippen molar-refractivity contribution in [1.29, 1.82) is 0 Å². The van der Waals surface area contributed by atoms with E-state index in [2.05, 4.69) is 5.32 Å².